The van der Waals surface area contributed by atoms with Gasteiger partial charge in [-0.05, 0) is 76.4 Å². The molecule has 4 aromatic rings. The maximum atomic E-state index is 16.0. The van der Waals surface area contributed by atoms with Gasteiger partial charge in [0.2, 0.25) is 11.9 Å². The molecule has 19 nitrogen and oxygen atoms in total. The molecule has 0 spiro atoms. The quantitative estimate of drug-likeness (QED) is 0.0370. The normalized spacial score (nSPS) is 18.4. The third-order valence-electron chi connectivity index (χ3n) is 14.4. The van der Waals surface area contributed by atoms with Gasteiger partial charge in [-0.3, -0.25) is 24.6 Å². The molecule has 3 saturated heterocycles. The Morgan fingerprint density at radius 1 is 0.825 bits per heavy atom. The molecule has 2 aromatic carbocycles. The highest BCUT2D eigenvalue weighted by atomic mass is 19.4. The molecule has 7 rings (SSSR count). The number of hydrogen-bond acceptors (Lipinski definition) is 13. The molecular formula is C51H57F10N11O8. The molecule has 3 aliphatic rings. The number of halogens is 10. The first-order chi connectivity index (χ1) is 37.4. The van der Waals surface area contributed by atoms with Crippen LogP contribution in [0.1, 0.15) is 56.4 Å². The van der Waals surface area contributed by atoms with Gasteiger partial charge in [-0.2, -0.15) is 31.4 Å². The lowest BCUT2D eigenvalue weighted by Crippen LogP contribution is -2.63. The van der Waals surface area contributed by atoms with E-state index in [-0.39, 0.29) is 22.9 Å². The molecule has 80 heavy (non-hydrogen) atoms. The third kappa shape index (κ3) is 14.0. The lowest BCUT2D eigenvalue weighted by molar-refractivity contribution is -0.221. The van der Waals surface area contributed by atoms with Gasteiger partial charge in [-0.25, -0.2) is 42.1 Å². The Morgan fingerprint density at radius 3 is 1.95 bits per heavy atom. The Hall–Kier alpha value is -7.29. The predicted molar refractivity (Wildman–Crippen MR) is 263 cm³/mol. The molecule has 4 unspecified atom stereocenters. The molecule has 3 aliphatic heterocycles. The Morgan fingerprint density at radius 2 is 1.43 bits per heavy atom. The first-order valence-corrected chi connectivity index (χ1v) is 24.8. The van der Waals surface area contributed by atoms with Crippen LogP contribution in [0.5, 0.6) is 0 Å². The van der Waals surface area contributed by atoms with Crippen molar-refractivity contribution in [3.63, 3.8) is 0 Å². The number of fused-ring (bicyclic) bond motifs is 2. The van der Waals surface area contributed by atoms with Crippen LogP contribution in [0.3, 0.4) is 0 Å². The number of carboxylic acid groups (broad SMARTS) is 1. The summed E-state index contributed by atoms with van der Waals surface area (Å²) in [5.74, 6) is 0.343. The van der Waals surface area contributed by atoms with Gasteiger partial charge in [0.15, 0.2) is 0 Å². The van der Waals surface area contributed by atoms with E-state index in [1.54, 1.807) is 12.4 Å². The molecule has 6 atom stereocenters. The summed E-state index contributed by atoms with van der Waals surface area (Å²) in [6.45, 7) is 2.05. The first-order valence-electron chi connectivity index (χ1n) is 24.8. The largest absolute Gasteiger partial charge is 0.465 e. The van der Waals surface area contributed by atoms with Crippen molar-refractivity contribution in [3.05, 3.63) is 94.9 Å². The number of nitrogens with zero attached hydrogens (tertiary/aromatic N) is 7. The molecule has 434 valence electrons. The number of likely N-dealkylation sites (tertiary alicyclic amines) is 1. The van der Waals surface area contributed by atoms with Crippen LogP contribution >= 0.6 is 0 Å². The number of methoxy groups -OCH3 is 1. The van der Waals surface area contributed by atoms with Crippen molar-refractivity contribution in [1.82, 2.24) is 51.0 Å². The van der Waals surface area contributed by atoms with E-state index >= 15 is 8.78 Å². The molecular weight excluding hydrogens is 1080 g/mol. The van der Waals surface area contributed by atoms with Gasteiger partial charge in [0.1, 0.15) is 30.3 Å². The highest BCUT2D eigenvalue weighted by Crippen LogP contribution is 2.42. The number of carbonyl (C=O) groups is 4. The number of amides is 4. The number of rotatable bonds is 20. The van der Waals surface area contributed by atoms with Crippen LogP contribution in [0.25, 0.3) is 11.3 Å². The van der Waals surface area contributed by atoms with Crippen LogP contribution in [0.15, 0.2) is 61.1 Å². The fourth-order valence-corrected chi connectivity index (χ4v) is 9.36. The molecule has 5 heterocycles. The van der Waals surface area contributed by atoms with Crippen molar-refractivity contribution in [2.24, 2.45) is 10.8 Å². The molecule has 2 bridgehead atoms. The summed E-state index contributed by atoms with van der Waals surface area (Å²) >= 11 is 0. The van der Waals surface area contributed by atoms with Gasteiger partial charge in [0.25, 0.3) is 12.3 Å². The molecule has 2 aromatic heterocycles. The SMILES string of the molecule is COC(=O)NC(C(=O)NC(Cc1ccc(C#Cc2cnc(N3C[C@H]4C[C@@H]3CN4C3COC3)nc2)cc1)C(O)CN(Cc1c(F)cc(-c2ccn(CC(F)F)n2)cc1F)NC(=O)C(NC(=O)O)C(C)(C)C(F)(F)F)C(C)(C)C(F)(F)F. The topological polar surface area (TPSA) is 229 Å². The number of hydrazine groups is 1. The minimum atomic E-state index is -5.28. The van der Waals surface area contributed by atoms with Crippen molar-refractivity contribution < 1.29 is 82.8 Å². The summed E-state index contributed by atoms with van der Waals surface area (Å²) in [5, 5.41) is 31.4. The third-order valence-corrected chi connectivity index (χ3v) is 14.4. The molecule has 0 aliphatic carbocycles. The van der Waals surface area contributed by atoms with E-state index in [9.17, 15) is 64.5 Å². The number of nitrogens with one attached hydrogen (secondary N) is 4. The van der Waals surface area contributed by atoms with Gasteiger partial charge in [-0.15, -0.1) is 0 Å². The van der Waals surface area contributed by atoms with Crippen LogP contribution in [0.2, 0.25) is 0 Å². The van der Waals surface area contributed by atoms with E-state index in [1.807, 2.05) is 10.7 Å². The lowest BCUT2D eigenvalue weighted by atomic mass is 9.82. The number of ether oxygens (including phenoxy) is 2. The number of aliphatic hydroxyl groups is 1. The standard InChI is InChI=1S/C51H57F10N11O8/c1-48(2,50(56,57)58)41(66-47(78)79-5)43(74)64-38(14-28-9-6-27(7-10-28)8-11-29-18-62-45(63-19-29)72-21-31-17-32(72)20-71(31)33-25-80-26-33)39(73)23-70(68-44(75)42(65-46(76)77)49(3,4)51(59,60)61)22-34-35(52)15-30(16-36(34)53)37-12-13-69(67-37)24-40(54)55/h6-7,9-10,12-13,15-16,18-19,31-33,38-42,65,73H,14,17,20-26H2,1-5H3,(H,64,74)(H,66,78)(H,68,75)(H,76,77)/t31-,32-,38?,39?,41?,42?/m1/s1. The minimum Gasteiger partial charge on any atom is -0.465 e. The average molecular weight is 1140 g/mol. The second kappa shape index (κ2) is 24.2. The van der Waals surface area contributed by atoms with Gasteiger partial charge < -0.3 is 40.5 Å². The predicted octanol–water partition coefficient (Wildman–Crippen LogP) is 5.40. The van der Waals surface area contributed by atoms with Gasteiger partial charge >= 0.3 is 24.5 Å². The van der Waals surface area contributed by atoms with Gasteiger partial charge in [0, 0.05) is 73.5 Å². The summed E-state index contributed by atoms with van der Waals surface area (Å²) in [4.78, 5) is 65.8. The summed E-state index contributed by atoms with van der Waals surface area (Å²) in [5.41, 5.74) is -4.52. The maximum Gasteiger partial charge on any atom is 0.407 e. The monoisotopic (exact) mass is 1140 g/mol. The summed E-state index contributed by atoms with van der Waals surface area (Å²) in [6, 6.07) is 2.66. The van der Waals surface area contributed by atoms with E-state index in [0.29, 0.717) is 74.0 Å². The van der Waals surface area contributed by atoms with Crippen LogP contribution in [0, 0.1) is 34.3 Å². The average Bonchev–Trinajstić information content (AvgIpc) is 4.11. The Balaban J connectivity index is 1.18. The smallest absolute Gasteiger partial charge is 0.407 e. The van der Waals surface area contributed by atoms with Crippen molar-refractivity contribution >= 4 is 29.9 Å². The number of aromatic nitrogens is 4. The summed E-state index contributed by atoms with van der Waals surface area (Å²) < 4.78 is 156. The highest BCUT2D eigenvalue weighted by Gasteiger charge is 2.57. The van der Waals surface area contributed by atoms with E-state index in [4.69, 9.17) is 4.74 Å². The highest BCUT2D eigenvalue weighted by molar-refractivity contribution is 5.87. The number of anilines is 1. The van der Waals surface area contributed by atoms with Crippen LogP contribution < -0.4 is 26.3 Å². The van der Waals surface area contributed by atoms with E-state index in [1.165, 1.54) is 35.6 Å². The van der Waals surface area contributed by atoms with Gasteiger partial charge in [0.05, 0.1) is 60.6 Å². The zero-order valence-corrected chi connectivity index (χ0v) is 43.5. The second-order valence-electron chi connectivity index (χ2n) is 20.7. The number of benzene rings is 2. The number of alkyl carbamates (subject to hydrolysis) is 1. The lowest BCUT2D eigenvalue weighted by Gasteiger charge is -2.42. The van der Waals surface area contributed by atoms with E-state index in [0.717, 1.165) is 50.7 Å². The summed E-state index contributed by atoms with van der Waals surface area (Å²) in [7, 11) is 0.811. The van der Waals surface area contributed by atoms with Crippen molar-refractivity contribution in [2.75, 3.05) is 44.9 Å². The van der Waals surface area contributed by atoms with Crippen molar-refractivity contribution in [1.29, 1.82) is 0 Å². The van der Waals surface area contributed by atoms with E-state index in [2.05, 4.69) is 46.8 Å². The van der Waals surface area contributed by atoms with Crippen LogP contribution in [0.4, 0.5) is 59.4 Å². The minimum absolute atomic E-state index is 0.170. The van der Waals surface area contributed by atoms with Crippen molar-refractivity contribution in [2.45, 2.75) is 115 Å². The fraction of sp³-hybridized carbons (Fsp3) is 0.510. The van der Waals surface area contributed by atoms with Crippen LogP contribution in [-0.2, 0) is 38.6 Å². The zero-order chi connectivity index (χ0) is 58.6. The molecule has 0 saturated carbocycles. The zero-order valence-electron chi connectivity index (χ0n) is 43.5. The maximum absolute atomic E-state index is 16.0. The number of aliphatic hydroxyl groups excluding tert-OH is 1. The van der Waals surface area contributed by atoms with Crippen molar-refractivity contribution in [3.8, 4) is 23.1 Å². The van der Waals surface area contributed by atoms with Crippen LogP contribution in [-0.4, -0.2) is 165 Å². The molecule has 6 N–H and O–H groups in total. The molecule has 29 heteroatoms. The molecule has 4 amide bonds. The fourth-order valence-electron chi connectivity index (χ4n) is 9.36. The second-order valence-corrected chi connectivity index (χ2v) is 20.7. The number of alkyl halides is 8. The Bertz CT molecular complexity index is 2910. The number of carbonyl (C=O) groups excluding carboxylic acids is 3. The first kappa shape index (κ1) is 60.4. The van der Waals surface area contributed by atoms with Gasteiger partial charge in [-0.1, -0.05) is 24.0 Å². The Kier molecular flexibility index (Phi) is 18.3. The summed E-state index contributed by atoms with van der Waals surface area (Å²) in [6.07, 6.45) is -14.3. The van der Waals surface area contributed by atoms with E-state index < -0.39 is 121 Å². The Labute approximate surface area is 451 Å². The number of hydrogen-bond donors (Lipinski definition) is 6. The molecule has 3 fully saturated rings. The molecule has 0 radical (unpaired) electrons. The number of piperazine rings is 1.